The van der Waals surface area contributed by atoms with Crippen molar-refractivity contribution < 1.29 is 0 Å². The number of hydrogen-bond acceptors (Lipinski definition) is 1. The van der Waals surface area contributed by atoms with Gasteiger partial charge in [0.1, 0.15) is 0 Å². The molecule has 0 aromatic heterocycles. The van der Waals surface area contributed by atoms with Crippen molar-refractivity contribution in [1.29, 1.82) is 0 Å². The molecule has 1 rings (SSSR count). The highest BCUT2D eigenvalue weighted by molar-refractivity contribution is 5.04. The van der Waals surface area contributed by atoms with Crippen molar-refractivity contribution in [3.63, 3.8) is 0 Å². The summed E-state index contributed by atoms with van der Waals surface area (Å²) in [4.78, 5) is 0. The fourth-order valence-electron chi connectivity index (χ4n) is 1.10. The maximum absolute atomic E-state index is 5.67. The van der Waals surface area contributed by atoms with Crippen LogP contribution >= 0.6 is 0 Å². The Morgan fingerprint density at radius 2 is 2.22 bits per heavy atom. The van der Waals surface area contributed by atoms with Crippen LogP contribution in [0.1, 0.15) is 26.7 Å². The molecule has 0 radical (unpaired) electrons. The van der Waals surface area contributed by atoms with Crippen LogP contribution in [0, 0.1) is 5.41 Å². The third-order valence-electron chi connectivity index (χ3n) is 1.92. The first-order valence-corrected chi connectivity index (χ1v) is 3.55. The van der Waals surface area contributed by atoms with Crippen LogP contribution in [-0.2, 0) is 0 Å². The highest BCUT2D eigenvalue weighted by Crippen LogP contribution is 2.28. The molecule has 0 fully saturated rings. The van der Waals surface area contributed by atoms with E-state index in [0.29, 0.717) is 11.5 Å². The van der Waals surface area contributed by atoms with Gasteiger partial charge in [0.2, 0.25) is 0 Å². The summed E-state index contributed by atoms with van der Waals surface area (Å²) in [6.45, 7) is 4.49. The first-order valence-electron chi connectivity index (χ1n) is 3.55. The largest absolute Gasteiger partial charge is 0.324 e. The SMILES string of the molecule is CC1(C)C=CC(N)CC1. The summed E-state index contributed by atoms with van der Waals surface area (Å²) in [6.07, 6.45) is 6.71. The van der Waals surface area contributed by atoms with Crippen molar-refractivity contribution in [2.75, 3.05) is 0 Å². The highest BCUT2D eigenvalue weighted by atomic mass is 14.6. The van der Waals surface area contributed by atoms with Crippen molar-refractivity contribution in [3.05, 3.63) is 12.2 Å². The third-order valence-corrected chi connectivity index (χ3v) is 1.92. The first kappa shape index (κ1) is 6.81. The van der Waals surface area contributed by atoms with Crippen LogP contribution in [0.3, 0.4) is 0 Å². The predicted octanol–water partition coefficient (Wildman–Crippen LogP) is 1.69. The minimum Gasteiger partial charge on any atom is -0.324 e. The lowest BCUT2D eigenvalue weighted by molar-refractivity contribution is 0.389. The Kier molecular flexibility index (Phi) is 1.62. The number of rotatable bonds is 0. The van der Waals surface area contributed by atoms with Gasteiger partial charge in [0, 0.05) is 6.04 Å². The van der Waals surface area contributed by atoms with Gasteiger partial charge in [0.15, 0.2) is 0 Å². The summed E-state index contributed by atoms with van der Waals surface area (Å²) < 4.78 is 0. The normalized spacial score (nSPS) is 32.6. The molecule has 1 unspecified atom stereocenters. The van der Waals surface area contributed by atoms with E-state index in [1.54, 1.807) is 0 Å². The average molecular weight is 125 g/mol. The molecule has 0 heterocycles. The molecular formula is C8H15N. The third kappa shape index (κ3) is 1.83. The summed E-state index contributed by atoms with van der Waals surface area (Å²) in [7, 11) is 0. The first-order chi connectivity index (χ1) is 4.10. The topological polar surface area (TPSA) is 26.0 Å². The minimum absolute atomic E-state index is 0.318. The lowest BCUT2D eigenvalue weighted by Crippen LogP contribution is -2.25. The molecule has 0 spiro atoms. The molecule has 0 saturated heterocycles. The molecule has 0 amide bonds. The van der Waals surface area contributed by atoms with Crippen molar-refractivity contribution in [1.82, 2.24) is 0 Å². The van der Waals surface area contributed by atoms with Gasteiger partial charge in [-0.25, -0.2) is 0 Å². The van der Waals surface area contributed by atoms with Gasteiger partial charge in [-0.2, -0.15) is 0 Å². The van der Waals surface area contributed by atoms with Crippen molar-refractivity contribution in [2.24, 2.45) is 11.1 Å². The molecule has 2 N–H and O–H groups in total. The molecule has 1 aliphatic carbocycles. The monoisotopic (exact) mass is 125 g/mol. The summed E-state index contributed by atoms with van der Waals surface area (Å²) >= 11 is 0. The van der Waals surface area contributed by atoms with E-state index >= 15 is 0 Å². The van der Waals surface area contributed by atoms with Crippen LogP contribution in [0.5, 0.6) is 0 Å². The fourth-order valence-corrected chi connectivity index (χ4v) is 1.10. The Balaban J connectivity index is 2.58. The Labute approximate surface area is 56.9 Å². The second-order valence-corrected chi connectivity index (χ2v) is 3.55. The lowest BCUT2D eigenvalue weighted by atomic mass is 9.82. The zero-order chi connectivity index (χ0) is 6.91. The average Bonchev–Trinajstić information content (AvgIpc) is 1.78. The van der Waals surface area contributed by atoms with E-state index in [9.17, 15) is 0 Å². The smallest absolute Gasteiger partial charge is 0.0224 e. The van der Waals surface area contributed by atoms with Crippen LogP contribution in [0.15, 0.2) is 12.2 Å². The molecule has 0 aliphatic heterocycles. The maximum atomic E-state index is 5.67. The summed E-state index contributed by atoms with van der Waals surface area (Å²) in [5, 5.41) is 0. The Hall–Kier alpha value is -0.300. The number of allylic oxidation sites excluding steroid dienone is 1. The van der Waals surface area contributed by atoms with Crippen molar-refractivity contribution in [2.45, 2.75) is 32.7 Å². The molecule has 0 aromatic rings. The molecule has 1 nitrogen and oxygen atoms in total. The second-order valence-electron chi connectivity index (χ2n) is 3.55. The molecule has 1 atom stereocenters. The maximum Gasteiger partial charge on any atom is 0.0224 e. The molecular weight excluding hydrogens is 110 g/mol. The van der Waals surface area contributed by atoms with Crippen molar-refractivity contribution >= 4 is 0 Å². The van der Waals surface area contributed by atoms with Gasteiger partial charge in [-0.15, -0.1) is 0 Å². The van der Waals surface area contributed by atoms with Gasteiger partial charge in [0.25, 0.3) is 0 Å². The van der Waals surface area contributed by atoms with Crippen LogP contribution in [0.2, 0.25) is 0 Å². The van der Waals surface area contributed by atoms with E-state index in [1.807, 2.05) is 0 Å². The Morgan fingerprint density at radius 1 is 1.56 bits per heavy atom. The quantitative estimate of drug-likeness (QED) is 0.490. The molecule has 52 valence electrons. The molecule has 1 heteroatoms. The molecule has 0 aromatic carbocycles. The molecule has 1 aliphatic rings. The summed E-state index contributed by atoms with van der Waals surface area (Å²) in [5.41, 5.74) is 6.07. The van der Waals surface area contributed by atoms with E-state index in [-0.39, 0.29) is 0 Å². The number of hydrogen-bond donors (Lipinski definition) is 1. The van der Waals surface area contributed by atoms with E-state index in [4.69, 9.17) is 5.73 Å². The predicted molar refractivity (Wildman–Crippen MR) is 40.1 cm³/mol. The van der Waals surface area contributed by atoms with Gasteiger partial charge < -0.3 is 5.73 Å². The summed E-state index contributed by atoms with van der Waals surface area (Å²) in [6, 6.07) is 0.318. The lowest BCUT2D eigenvalue weighted by Gasteiger charge is -2.26. The zero-order valence-electron chi connectivity index (χ0n) is 6.22. The summed E-state index contributed by atoms with van der Waals surface area (Å²) in [5.74, 6) is 0. The Morgan fingerprint density at radius 3 is 2.56 bits per heavy atom. The standard InChI is InChI=1S/C8H15N/c1-8(2)5-3-7(9)4-6-8/h3,5,7H,4,6,9H2,1-2H3. The minimum atomic E-state index is 0.318. The van der Waals surface area contributed by atoms with Gasteiger partial charge in [-0.05, 0) is 18.3 Å². The van der Waals surface area contributed by atoms with Gasteiger partial charge >= 0.3 is 0 Å². The molecule has 0 saturated carbocycles. The van der Waals surface area contributed by atoms with E-state index < -0.39 is 0 Å². The van der Waals surface area contributed by atoms with E-state index in [2.05, 4.69) is 26.0 Å². The van der Waals surface area contributed by atoms with Crippen LogP contribution in [0.4, 0.5) is 0 Å². The van der Waals surface area contributed by atoms with Crippen LogP contribution in [0.25, 0.3) is 0 Å². The van der Waals surface area contributed by atoms with Crippen LogP contribution in [-0.4, -0.2) is 6.04 Å². The van der Waals surface area contributed by atoms with E-state index in [0.717, 1.165) is 6.42 Å². The molecule has 9 heavy (non-hydrogen) atoms. The number of nitrogens with two attached hydrogens (primary N) is 1. The molecule has 0 bridgehead atoms. The van der Waals surface area contributed by atoms with Crippen LogP contribution < -0.4 is 5.73 Å². The fraction of sp³-hybridized carbons (Fsp3) is 0.750. The van der Waals surface area contributed by atoms with E-state index in [1.165, 1.54) is 6.42 Å². The van der Waals surface area contributed by atoms with Gasteiger partial charge in [0.05, 0.1) is 0 Å². The zero-order valence-corrected chi connectivity index (χ0v) is 6.22. The highest BCUT2D eigenvalue weighted by Gasteiger charge is 2.18. The van der Waals surface area contributed by atoms with Gasteiger partial charge in [-0.1, -0.05) is 26.0 Å². The van der Waals surface area contributed by atoms with Gasteiger partial charge in [-0.3, -0.25) is 0 Å². The van der Waals surface area contributed by atoms with Crippen molar-refractivity contribution in [3.8, 4) is 0 Å². The second kappa shape index (κ2) is 2.14. The Bertz CT molecular complexity index is 125.